The summed E-state index contributed by atoms with van der Waals surface area (Å²) in [6, 6.07) is 5.58. The maximum atomic E-state index is 13.4. The standard InChI is InChI=1S/C22H26N6O5.C2H6/c1-31-21-16(3-2-6-23-21)24-20(30)15-13-17-18(25-19(15)27-7-4-14(29)5-8-27)26-22(33-17)28-9-11-32-12-10-28;1-2/h2-3,6,13-14,29H,4-5,7-12H2,1H3,(H,24,30);1-2H3. The number of carbonyl (C=O) groups is 1. The van der Waals surface area contributed by atoms with Gasteiger partial charge in [-0.15, -0.1) is 0 Å². The molecule has 2 saturated heterocycles. The molecule has 2 aliphatic rings. The predicted molar refractivity (Wildman–Crippen MR) is 132 cm³/mol. The van der Waals surface area contributed by atoms with Crippen LogP contribution in [0.3, 0.4) is 0 Å². The van der Waals surface area contributed by atoms with Crippen LogP contribution in [0.15, 0.2) is 28.8 Å². The van der Waals surface area contributed by atoms with Crippen LogP contribution >= 0.6 is 0 Å². The number of morpholine rings is 1. The molecule has 2 N–H and O–H groups in total. The molecule has 0 radical (unpaired) electrons. The molecule has 0 bridgehead atoms. The van der Waals surface area contributed by atoms with Crippen molar-refractivity contribution in [1.82, 2.24) is 15.0 Å². The molecule has 0 atom stereocenters. The minimum absolute atomic E-state index is 0.316. The molecule has 1 amide bonds. The molecule has 0 unspecified atom stereocenters. The number of carbonyl (C=O) groups excluding carboxylic acids is 1. The van der Waals surface area contributed by atoms with E-state index in [1.165, 1.54) is 7.11 Å². The fourth-order valence-electron chi connectivity index (χ4n) is 4.06. The second-order valence-corrected chi connectivity index (χ2v) is 8.01. The molecule has 0 aromatic carbocycles. The van der Waals surface area contributed by atoms with Gasteiger partial charge in [0.15, 0.2) is 5.58 Å². The van der Waals surface area contributed by atoms with Crippen LogP contribution in [0.5, 0.6) is 5.88 Å². The van der Waals surface area contributed by atoms with Gasteiger partial charge >= 0.3 is 0 Å². The number of rotatable bonds is 5. The number of piperidine rings is 1. The topological polar surface area (TPSA) is 126 Å². The van der Waals surface area contributed by atoms with Crippen molar-refractivity contribution in [3.8, 4) is 5.88 Å². The number of nitrogens with zero attached hydrogens (tertiary/aromatic N) is 5. The van der Waals surface area contributed by atoms with Crippen molar-refractivity contribution in [3.05, 3.63) is 30.0 Å². The van der Waals surface area contributed by atoms with Crippen LogP contribution in [0, 0.1) is 0 Å². The first-order valence-electron chi connectivity index (χ1n) is 12.0. The van der Waals surface area contributed by atoms with E-state index in [1.807, 2.05) is 23.6 Å². The Labute approximate surface area is 204 Å². The van der Waals surface area contributed by atoms with Gasteiger partial charge in [0.2, 0.25) is 11.5 Å². The molecule has 0 spiro atoms. The molecular formula is C24H32N6O5. The van der Waals surface area contributed by atoms with Crippen LogP contribution in [0.2, 0.25) is 0 Å². The second kappa shape index (κ2) is 11.3. The van der Waals surface area contributed by atoms with E-state index in [4.69, 9.17) is 18.9 Å². The third-order valence-electron chi connectivity index (χ3n) is 5.85. The van der Waals surface area contributed by atoms with Gasteiger partial charge < -0.3 is 34.1 Å². The van der Waals surface area contributed by atoms with Crippen molar-refractivity contribution in [2.24, 2.45) is 0 Å². The molecule has 0 aliphatic carbocycles. The van der Waals surface area contributed by atoms with Crippen molar-refractivity contribution < 1.29 is 23.8 Å². The number of hydrogen-bond acceptors (Lipinski definition) is 10. The zero-order valence-electron chi connectivity index (χ0n) is 20.4. The van der Waals surface area contributed by atoms with Crippen LogP contribution in [-0.2, 0) is 4.74 Å². The first-order chi connectivity index (χ1) is 17.1. The van der Waals surface area contributed by atoms with Gasteiger partial charge in [0.25, 0.3) is 11.9 Å². The summed E-state index contributed by atoms with van der Waals surface area (Å²) in [7, 11) is 1.50. The Balaban J connectivity index is 0.00000141. The summed E-state index contributed by atoms with van der Waals surface area (Å²) in [5.41, 5.74) is 1.68. The van der Waals surface area contributed by atoms with Gasteiger partial charge in [-0.1, -0.05) is 13.8 Å². The summed E-state index contributed by atoms with van der Waals surface area (Å²) < 4.78 is 16.6. The van der Waals surface area contributed by atoms with Gasteiger partial charge in [0.1, 0.15) is 11.5 Å². The van der Waals surface area contributed by atoms with Crippen molar-refractivity contribution in [2.45, 2.75) is 32.8 Å². The number of anilines is 3. The Kier molecular flexibility index (Phi) is 7.98. The number of aliphatic hydroxyl groups excluding tert-OH is 1. The lowest BCUT2D eigenvalue weighted by atomic mass is 10.1. The van der Waals surface area contributed by atoms with Gasteiger partial charge in [-0.2, -0.15) is 4.98 Å². The van der Waals surface area contributed by atoms with Gasteiger partial charge in [0, 0.05) is 38.4 Å². The SMILES string of the molecule is CC.COc1ncccc1NC(=O)c1cc2oc(N3CCOCC3)nc2nc1N1CCC(O)CC1. The molecule has 5 heterocycles. The summed E-state index contributed by atoms with van der Waals surface area (Å²) in [6.07, 6.45) is 2.46. The first-order valence-corrected chi connectivity index (χ1v) is 12.0. The number of hydrogen-bond donors (Lipinski definition) is 2. The van der Waals surface area contributed by atoms with Crippen LogP contribution in [0.4, 0.5) is 17.5 Å². The van der Waals surface area contributed by atoms with E-state index in [0.29, 0.717) is 92.4 Å². The minimum atomic E-state index is -0.360. The van der Waals surface area contributed by atoms with Crippen LogP contribution in [0.1, 0.15) is 37.0 Å². The van der Waals surface area contributed by atoms with Crippen molar-refractivity contribution in [3.63, 3.8) is 0 Å². The van der Waals surface area contributed by atoms with E-state index in [9.17, 15) is 9.90 Å². The Bertz CT molecular complexity index is 1140. The third kappa shape index (κ3) is 5.46. The van der Waals surface area contributed by atoms with Crippen LogP contribution in [-0.4, -0.2) is 78.6 Å². The van der Waals surface area contributed by atoms with Crippen molar-refractivity contribution in [2.75, 3.05) is 61.6 Å². The van der Waals surface area contributed by atoms with E-state index in [0.717, 1.165) is 0 Å². The van der Waals surface area contributed by atoms with E-state index < -0.39 is 0 Å². The highest BCUT2D eigenvalue weighted by atomic mass is 16.5. The lowest BCUT2D eigenvalue weighted by Gasteiger charge is -2.31. The van der Waals surface area contributed by atoms with E-state index >= 15 is 0 Å². The number of amides is 1. The van der Waals surface area contributed by atoms with Crippen LogP contribution in [0.25, 0.3) is 11.2 Å². The number of nitrogens with one attached hydrogen (secondary N) is 1. The smallest absolute Gasteiger partial charge is 0.300 e. The fourth-order valence-corrected chi connectivity index (χ4v) is 4.06. The number of aliphatic hydroxyl groups is 1. The molecular weight excluding hydrogens is 452 g/mol. The molecule has 3 aromatic heterocycles. The van der Waals surface area contributed by atoms with Crippen LogP contribution < -0.4 is 19.9 Å². The highest BCUT2D eigenvalue weighted by Gasteiger charge is 2.27. The largest absolute Gasteiger partial charge is 0.480 e. The quantitative estimate of drug-likeness (QED) is 0.558. The molecule has 2 fully saturated rings. The summed E-state index contributed by atoms with van der Waals surface area (Å²) in [4.78, 5) is 30.8. The van der Waals surface area contributed by atoms with Gasteiger partial charge in [0.05, 0.1) is 32.0 Å². The van der Waals surface area contributed by atoms with Gasteiger partial charge in [-0.05, 0) is 25.0 Å². The number of fused-ring (bicyclic) bond motifs is 1. The zero-order chi connectivity index (χ0) is 24.8. The Morgan fingerprint density at radius 1 is 1.14 bits per heavy atom. The van der Waals surface area contributed by atoms with E-state index in [2.05, 4.69) is 15.3 Å². The highest BCUT2D eigenvalue weighted by Crippen LogP contribution is 2.30. The minimum Gasteiger partial charge on any atom is -0.480 e. The molecule has 11 nitrogen and oxygen atoms in total. The molecule has 35 heavy (non-hydrogen) atoms. The lowest BCUT2D eigenvalue weighted by molar-refractivity contribution is 0.102. The fraction of sp³-hybridized carbons (Fsp3) is 0.500. The number of methoxy groups -OCH3 is 1. The third-order valence-corrected chi connectivity index (χ3v) is 5.85. The average Bonchev–Trinajstić information content (AvgIpc) is 3.34. The number of pyridine rings is 2. The molecule has 5 rings (SSSR count). The molecule has 3 aromatic rings. The highest BCUT2D eigenvalue weighted by molar-refractivity contribution is 6.09. The Morgan fingerprint density at radius 2 is 1.89 bits per heavy atom. The predicted octanol–water partition coefficient (Wildman–Crippen LogP) is 2.70. The van der Waals surface area contributed by atoms with Gasteiger partial charge in [-0.25, -0.2) is 9.97 Å². The zero-order valence-corrected chi connectivity index (χ0v) is 20.4. The average molecular weight is 485 g/mol. The lowest BCUT2D eigenvalue weighted by Crippen LogP contribution is -2.37. The molecule has 2 aliphatic heterocycles. The number of oxazole rings is 1. The Morgan fingerprint density at radius 3 is 2.60 bits per heavy atom. The summed E-state index contributed by atoms with van der Waals surface area (Å²) in [5.74, 6) is 0.467. The molecule has 0 saturated carbocycles. The maximum absolute atomic E-state index is 13.4. The first kappa shape index (κ1) is 24.7. The monoisotopic (exact) mass is 484 g/mol. The molecule has 11 heteroatoms. The van der Waals surface area contributed by atoms with Crippen molar-refractivity contribution in [1.29, 1.82) is 0 Å². The Hall–Kier alpha value is -3.44. The normalized spacial score (nSPS) is 16.6. The van der Waals surface area contributed by atoms with E-state index in [1.54, 1.807) is 24.4 Å². The summed E-state index contributed by atoms with van der Waals surface area (Å²) in [5, 5.41) is 12.8. The number of aromatic nitrogens is 3. The summed E-state index contributed by atoms with van der Waals surface area (Å²) >= 11 is 0. The second-order valence-electron chi connectivity index (χ2n) is 8.01. The van der Waals surface area contributed by atoms with Gasteiger partial charge in [-0.3, -0.25) is 4.79 Å². The summed E-state index contributed by atoms with van der Waals surface area (Å²) in [6.45, 7) is 7.74. The maximum Gasteiger partial charge on any atom is 0.300 e. The molecule has 188 valence electrons. The number of ether oxygens (including phenoxy) is 2. The van der Waals surface area contributed by atoms with E-state index in [-0.39, 0.29) is 12.0 Å². The van der Waals surface area contributed by atoms with Crippen molar-refractivity contribution >= 4 is 34.7 Å².